The van der Waals surface area contributed by atoms with Gasteiger partial charge in [0.05, 0.1) is 11.0 Å². The minimum atomic E-state index is -3.75. The number of aliphatic hydroxyl groups is 1. The van der Waals surface area contributed by atoms with E-state index in [1.807, 2.05) is 0 Å². The molecule has 0 spiro atoms. The average Bonchev–Trinajstić information content (AvgIpc) is 2.28. The van der Waals surface area contributed by atoms with Gasteiger partial charge in [0.15, 0.2) is 0 Å². The van der Waals surface area contributed by atoms with E-state index in [0.29, 0.717) is 10.9 Å². The summed E-state index contributed by atoms with van der Waals surface area (Å²) >= 11 is 3.09. The Morgan fingerprint density at radius 1 is 1.50 bits per heavy atom. The molecule has 0 unspecified atom stereocenters. The van der Waals surface area contributed by atoms with Gasteiger partial charge in [-0.2, -0.15) is 0 Å². The minimum Gasteiger partial charge on any atom is -0.393 e. The summed E-state index contributed by atoms with van der Waals surface area (Å²) in [7, 11) is -2.35. The fraction of sp³-hybridized carbons (Fsp3) is 0.455. The summed E-state index contributed by atoms with van der Waals surface area (Å²) in [5.74, 6) is -0.610. The zero-order valence-corrected chi connectivity index (χ0v) is 12.5. The molecule has 0 saturated heterocycles. The highest BCUT2D eigenvalue weighted by atomic mass is 79.9. The smallest absolute Gasteiger partial charge is 0.244 e. The average molecular weight is 340 g/mol. The summed E-state index contributed by atoms with van der Waals surface area (Å²) in [5.41, 5.74) is 0. The van der Waals surface area contributed by atoms with E-state index in [0.717, 1.165) is 10.4 Å². The van der Waals surface area contributed by atoms with Crippen LogP contribution in [-0.2, 0) is 10.0 Å². The molecule has 1 rings (SSSR count). The molecule has 0 aliphatic rings. The van der Waals surface area contributed by atoms with E-state index in [9.17, 15) is 12.8 Å². The highest BCUT2D eigenvalue weighted by molar-refractivity contribution is 9.10. The second-order valence-corrected chi connectivity index (χ2v) is 6.91. The number of nitrogens with zero attached hydrogens (tertiary/aromatic N) is 1. The maximum absolute atomic E-state index is 13.1. The third-order valence-corrected chi connectivity index (χ3v) is 5.29. The van der Waals surface area contributed by atoms with E-state index in [1.54, 1.807) is 6.92 Å². The van der Waals surface area contributed by atoms with Crippen LogP contribution in [0, 0.1) is 5.82 Å². The van der Waals surface area contributed by atoms with Crippen molar-refractivity contribution in [2.45, 2.75) is 24.3 Å². The highest BCUT2D eigenvalue weighted by Gasteiger charge is 2.23. The lowest BCUT2D eigenvalue weighted by molar-refractivity contribution is 0.177. The Bertz CT molecular complexity index is 519. The zero-order chi connectivity index (χ0) is 13.9. The quantitative estimate of drug-likeness (QED) is 0.892. The van der Waals surface area contributed by atoms with Crippen LogP contribution >= 0.6 is 15.9 Å². The van der Waals surface area contributed by atoms with Crippen LogP contribution in [0.25, 0.3) is 0 Å². The van der Waals surface area contributed by atoms with Gasteiger partial charge in [-0.25, -0.2) is 17.1 Å². The third kappa shape index (κ3) is 3.74. The van der Waals surface area contributed by atoms with Crippen molar-refractivity contribution in [1.29, 1.82) is 0 Å². The molecule has 0 amide bonds. The van der Waals surface area contributed by atoms with Gasteiger partial charge in [-0.1, -0.05) is 0 Å². The van der Waals surface area contributed by atoms with Gasteiger partial charge in [0, 0.05) is 18.1 Å². The molecular formula is C11H15BrFNO3S. The minimum absolute atomic E-state index is 0.115. The van der Waals surface area contributed by atoms with Crippen molar-refractivity contribution < 1.29 is 17.9 Å². The van der Waals surface area contributed by atoms with Crippen LogP contribution in [-0.4, -0.2) is 37.5 Å². The maximum Gasteiger partial charge on any atom is 0.244 e. The van der Waals surface area contributed by atoms with Gasteiger partial charge in [-0.15, -0.1) is 0 Å². The lowest BCUT2D eigenvalue weighted by atomic mass is 10.3. The van der Waals surface area contributed by atoms with Gasteiger partial charge in [0.1, 0.15) is 5.82 Å². The maximum atomic E-state index is 13.1. The molecule has 0 aromatic heterocycles. The highest BCUT2D eigenvalue weighted by Crippen LogP contribution is 2.25. The van der Waals surface area contributed by atoms with Crippen molar-refractivity contribution in [3.05, 3.63) is 28.5 Å². The van der Waals surface area contributed by atoms with Crippen molar-refractivity contribution >= 4 is 26.0 Å². The standard InChI is InChI=1S/C11H15BrFNO3S/c1-8(15)5-6-14(2)18(16,17)11-7-9(13)3-4-10(11)12/h3-4,7-8,15H,5-6H2,1-2H3/t8-/m1/s1. The molecule has 0 bridgehead atoms. The second-order valence-electron chi connectivity index (χ2n) is 4.04. The molecule has 1 N–H and O–H groups in total. The first kappa shape index (κ1) is 15.6. The van der Waals surface area contributed by atoms with Gasteiger partial charge in [0.25, 0.3) is 0 Å². The van der Waals surface area contributed by atoms with Crippen LogP contribution in [0.5, 0.6) is 0 Å². The molecular weight excluding hydrogens is 325 g/mol. The lowest BCUT2D eigenvalue weighted by Gasteiger charge is -2.18. The zero-order valence-electron chi connectivity index (χ0n) is 10.1. The van der Waals surface area contributed by atoms with Gasteiger partial charge >= 0.3 is 0 Å². The fourth-order valence-corrected chi connectivity index (χ4v) is 3.45. The first-order valence-corrected chi connectivity index (χ1v) is 7.58. The molecule has 18 heavy (non-hydrogen) atoms. The van der Waals surface area contributed by atoms with Crippen molar-refractivity contribution in [3.63, 3.8) is 0 Å². The van der Waals surface area contributed by atoms with Crippen molar-refractivity contribution in [3.8, 4) is 0 Å². The summed E-state index contributed by atoms with van der Waals surface area (Å²) in [6.45, 7) is 1.75. The molecule has 0 radical (unpaired) electrons. The Balaban J connectivity index is 3.02. The van der Waals surface area contributed by atoms with Gasteiger partial charge in [-0.05, 0) is 47.5 Å². The van der Waals surface area contributed by atoms with E-state index in [4.69, 9.17) is 5.11 Å². The summed E-state index contributed by atoms with van der Waals surface area (Å²) in [6, 6.07) is 3.50. The van der Waals surface area contributed by atoms with Crippen molar-refractivity contribution in [2.75, 3.05) is 13.6 Å². The largest absolute Gasteiger partial charge is 0.393 e. The van der Waals surface area contributed by atoms with Crippen LogP contribution in [0.4, 0.5) is 4.39 Å². The summed E-state index contributed by atoms with van der Waals surface area (Å²) in [5, 5.41) is 9.15. The molecule has 1 aromatic rings. The molecule has 0 aliphatic heterocycles. The Morgan fingerprint density at radius 3 is 2.67 bits per heavy atom. The first-order valence-electron chi connectivity index (χ1n) is 5.34. The van der Waals surface area contributed by atoms with E-state index in [2.05, 4.69) is 15.9 Å². The van der Waals surface area contributed by atoms with E-state index in [1.165, 1.54) is 19.2 Å². The number of rotatable bonds is 5. The molecule has 0 heterocycles. The molecule has 0 fully saturated rings. The third-order valence-electron chi connectivity index (χ3n) is 2.44. The van der Waals surface area contributed by atoms with Crippen molar-refractivity contribution in [1.82, 2.24) is 4.31 Å². The van der Waals surface area contributed by atoms with Crippen LogP contribution in [0.3, 0.4) is 0 Å². The van der Waals surface area contributed by atoms with Crippen LogP contribution < -0.4 is 0 Å². The first-order chi connectivity index (χ1) is 8.25. The predicted molar refractivity (Wildman–Crippen MR) is 70.2 cm³/mol. The predicted octanol–water partition coefficient (Wildman–Crippen LogP) is 1.98. The fourth-order valence-electron chi connectivity index (χ4n) is 1.33. The molecule has 7 heteroatoms. The monoisotopic (exact) mass is 339 g/mol. The Hall–Kier alpha value is -0.500. The Kier molecular flexibility index (Phi) is 5.27. The number of sulfonamides is 1. The second kappa shape index (κ2) is 6.10. The van der Waals surface area contributed by atoms with Crippen molar-refractivity contribution in [2.24, 2.45) is 0 Å². The van der Waals surface area contributed by atoms with Crippen LogP contribution in [0.2, 0.25) is 0 Å². The normalized spacial score (nSPS) is 13.9. The lowest BCUT2D eigenvalue weighted by Crippen LogP contribution is -2.29. The SMILES string of the molecule is C[C@@H](O)CCN(C)S(=O)(=O)c1cc(F)ccc1Br. The number of hydrogen-bond donors (Lipinski definition) is 1. The Labute approximate surface area is 115 Å². The van der Waals surface area contributed by atoms with E-state index in [-0.39, 0.29) is 11.4 Å². The molecule has 102 valence electrons. The number of halogens is 2. The van der Waals surface area contributed by atoms with Gasteiger partial charge in [-0.3, -0.25) is 0 Å². The molecule has 0 aliphatic carbocycles. The molecule has 1 atom stereocenters. The van der Waals surface area contributed by atoms with Gasteiger partial charge < -0.3 is 5.11 Å². The number of hydrogen-bond acceptors (Lipinski definition) is 3. The van der Waals surface area contributed by atoms with Crippen LogP contribution in [0.15, 0.2) is 27.6 Å². The summed E-state index contributed by atoms with van der Waals surface area (Å²) in [6.07, 6.45) is -0.263. The number of aliphatic hydroxyl groups excluding tert-OH is 1. The Morgan fingerprint density at radius 2 is 2.11 bits per heavy atom. The summed E-state index contributed by atoms with van der Waals surface area (Å²) in [4.78, 5) is -0.115. The molecule has 4 nitrogen and oxygen atoms in total. The van der Waals surface area contributed by atoms with Gasteiger partial charge in [0.2, 0.25) is 10.0 Å². The summed E-state index contributed by atoms with van der Waals surface area (Å²) < 4.78 is 38.9. The van der Waals surface area contributed by atoms with E-state index >= 15 is 0 Å². The number of benzene rings is 1. The molecule has 1 aromatic carbocycles. The van der Waals surface area contributed by atoms with E-state index < -0.39 is 21.9 Å². The van der Waals surface area contributed by atoms with Crippen LogP contribution in [0.1, 0.15) is 13.3 Å². The molecule has 0 saturated carbocycles. The topological polar surface area (TPSA) is 57.6 Å².